The predicted octanol–water partition coefficient (Wildman–Crippen LogP) is 5.75. The lowest BCUT2D eigenvalue weighted by atomic mass is 10.0. The number of thiazole rings is 1. The minimum absolute atomic E-state index is 0.107. The average Bonchev–Trinajstić information content (AvgIpc) is 3.21. The molecular formula is C23H21F3N4S. The van der Waals surface area contributed by atoms with Crippen LogP contribution in [0.5, 0.6) is 0 Å². The van der Waals surface area contributed by atoms with Crippen molar-refractivity contribution in [2.24, 2.45) is 5.73 Å². The van der Waals surface area contributed by atoms with Crippen LogP contribution in [0.25, 0.3) is 21.2 Å². The number of nitrogens with one attached hydrogen (secondary N) is 1. The number of hydrogen-bond donors (Lipinski definition) is 2. The van der Waals surface area contributed by atoms with Crippen LogP contribution in [-0.2, 0) is 12.6 Å². The number of halogens is 3. The first-order valence-corrected chi connectivity index (χ1v) is 10.6. The van der Waals surface area contributed by atoms with Gasteiger partial charge >= 0.3 is 6.18 Å². The van der Waals surface area contributed by atoms with E-state index in [2.05, 4.69) is 21.4 Å². The van der Waals surface area contributed by atoms with Crippen molar-refractivity contribution in [1.29, 1.82) is 0 Å². The van der Waals surface area contributed by atoms with Crippen molar-refractivity contribution in [3.63, 3.8) is 0 Å². The number of nitrogens with zero attached hydrogens (tertiary/aromatic N) is 2. The van der Waals surface area contributed by atoms with Crippen molar-refractivity contribution in [3.05, 3.63) is 78.2 Å². The summed E-state index contributed by atoms with van der Waals surface area (Å²) >= 11 is 1.53. The van der Waals surface area contributed by atoms with Gasteiger partial charge in [-0.1, -0.05) is 35.6 Å². The van der Waals surface area contributed by atoms with Crippen LogP contribution in [0.2, 0.25) is 0 Å². The van der Waals surface area contributed by atoms with Gasteiger partial charge in [0.05, 0.1) is 10.4 Å². The Hall–Kier alpha value is -2.97. The van der Waals surface area contributed by atoms with Crippen molar-refractivity contribution in [2.45, 2.75) is 31.6 Å². The largest absolute Gasteiger partial charge is 0.416 e. The van der Waals surface area contributed by atoms with Crippen molar-refractivity contribution >= 4 is 27.2 Å². The van der Waals surface area contributed by atoms with Gasteiger partial charge in [-0.15, -0.1) is 0 Å². The van der Waals surface area contributed by atoms with Gasteiger partial charge in [0, 0.05) is 36.1 Å². The zero-order valence-electron chi connectivity index (χ0n) is 16.7. The van der Waals surface area contributed by atoms with E-state index in [4.69, 9.17) is 5.73 Å². The molecule has 2 heterocycles. The molecule has 4 rings (SSSR count). The van der Waals surface area contributed by atoms with E-state index in [-0.39, 0.29) is 12.1 Å². The molecular weight excluding hydrogens is 421 g/mol. The second kappa shape index (κ2) is 8.64. The Labute approximate surface area is 182 Å². The summed E-state index contributed by atoms with van der Waals surface area (Å²) in [5.74, 6) is 0. The van der Waals surface area contributed by atoms with Crippen LogP contribution < -0.4 is 11.1 Å². The van der Waals surface area contributed by atoms with Crippen LogP contribution >= 0.6 is 11.3 Å². The molecule has 0 fully saturated rings. The molecule has 0 aliphatic heterocycles. The zero-order valence-corrected chi connectivity index (χ0v) is 17.5. The van der Waals surface area contributed by atoms with Crippen molar-refractivity contribution in [1.82, 2.24) is 9.97 Å². The summed E-state index contributed by atoms with van der Waals surface area (Å²) in [5.41, 5.74) is 7.47. The van der Waals surface area contributed by atoms with E-state index in [0.717, 1.165) is 44.0 Å². The number of alkyl halides is 3. The normalized spacial score (nSPS) is 13.8. The Kier molecular flexibility index (Phi) is 5.93. The third-order valence-electron chi connectivity index (χ3n) is 5.18. The first-order valence-electron chi connectivity index (χ1n) is 9.78. The maximum Gasteiger partial charge on any atom is 0.416 e. The summed E-state index contributed by atoms with van der Waals surface area (Å²) in [4.78, 5) is 9.62. The van der Waals surface area contributed by atoms with E-state index in [0.29, 0.717) is 6.42 Å². The number of benzene rings is 2. The van der Waals surface area contributed by atoms with Crippen LogP contribution in [0.15, 0.2) is 67.1 Å². The highest BCUT2D eigenvalue weighted by Gasteiger charge is 2.30. The second-order valence-electron chi connectivity index (χ2n) is 7.46. The number of anilines is 1. The van der Waals surface area contributed by atoms with Crippen LogP contribution in [0, 0.1) is 0 Å². The first-order chi connectivity index (χ1) is 14.8. The molecule has 0 bridgehead atoms. The van der Waals surface area contributed by atoms with Gasteiger partial charge in [0.1, 0.15) is 0 Å². The minimum Gasteiger partial charge on any atom is -0.357 e. The van der Waals surface area contributed by atoms with E-state index < -0.39 is 11.7 Å². The highest BCUT2D eigenvalue weighted by Crippen LogP contribution is 2.32. The summed E-state index contributed by atoms with van der Waals surface area (Å²) < 4.78 is 38.1. The van der Waals surface area contributed by atoms with Crippen molar-refractivity contribution < 1.29 is 13.2 Å². The molecule has 31 heavy (non-hydrogen) atoms. The van der Waals surface area contributed by atoms with Gasteiger partial charge in [-0.3, -0.25) is 4.98 Å². The van der Waals surface area contributed by atoms with Gasteiger partial charge < -0.3 is 11.1 Å². The molecule has 0 aliphatic carbocycles. The molecule has 4 nitrogen and oxygen atoms in total. The van der Waals surface area contributed by atoms with E-state index in [1.165, 1.54) is 23.5 Å². The highest BCUT2D eigenvalue weighted by molar-refractivity contribution is 7.18. The number of fused-ring (bicyclic) bond motifs is 1. The predicted molar refractivity (Wildman–Crippen MR) is 119 cm³/mol. The lowest BCUT2D eigenvalue weighted by molar-refractivity contribution is -0.137. The van der Waals surface area contributed by atoms with Crippen LogP contribution in [0.1, 0.15) is 18.1 Å². The molecule has 0 unspecified atom stereocenters. The van der Waals surface area contributed by atoms with E-state index in [1.807, 2.05) is 37.5 Å². The van der Waals surface area contributed by atoms with E-state index >= 15 is 0 Å². The summed E-state index contributed by atoms with van der Waals surface area (Å²) in [6.07, 6.45) is 1.55. The SMILES string of the molecule is C[C@H](Nc1ncc(-c2ccc3cnccc3c2)s1)[C@@H](N)Cc1ccc(C(F)(F)F)cc1. The average molecular weight is 443 g/mol. The molecule has 0 saturated carbocycles. The topological polar surface area (TPSA) is 63.8 Å². The molecule has 2 atom stereocenters. The van der Waals surface area contributed by atoms with Crippen LogP contribution in [-0.4, -0.2) is 22.1 Å². The smallest absolute Gasteiger partial charge is 0.357 e. The molecule has 0 radical (unpaired) electrons. The standard InChI is InChI=1S/C23H21F3N4S/c1-14(20(27)10-15-2-6-19(7-3-15)23(24,25)26)30-22-29-13-21(31-22)17-4-5-18-12-28-9-8-16(18)11-17/h2-9,11-14,20H,10,27H2,1H3,(H,29,30)/t14-,20-/m0/s1. The fraction of sp³-hybridized carbons (Fsp3) is 0.217. The second-order valence-corrected chi connectivity index (χ2v) is 8.49. The Morgan fingerprint density at radius 3 is 2.55 bits per heavy atom. The Bertz CT molecular complexity index is 1170. The first kappa shape index (κ1) is 21.3. The summed E-state index contributed by atoms with van der Waals surface area (Å²) in [6.45, 7) is 1.94. The molecule has 3 N–H and O–H groups in total. The molecule has 2 aromatic heterocycles. The number of hydrogen-bond acceptors (Lipinski definition) is 5. The highest BCUT2D eigenvalue weighted by atomic mass is 32.1. The maximum atomic E-state index is 12.7. The summed E-state index contributed by atoms with van der Waals surface area (Å²) in [5, 5.41) is 6.26. The third kappa shape index (κ3) is 5.03. The fourth-order valence-electron chi connectivity index (χ4n) is 3.29. The number of nitrogens with two attached hydrogens (primary N) is 1. The number of rotatable bonds is 6. The zero-order chi connectivity index (χ0) is 22.0. The molecule has 4 aromatic rings. The van der Waals surface area contributed by atoms with Gasteiger partial charge in [0.2, 0.25) is 0 Å². The molecule has 0 amide bonds. The Morgan fingerprint density at radius 1 is 1.03 bits per heavy atom. The van der Waals surface area contributed by atoms with Gasteiger partial charge in [-0.05, 0) is 54.1 Å². The van der Waals surface area contributed by atoms with Gasteiger partial charge in [-0.2, -0.15) is 13.2 Å². The van der Waals surface area contributed by atoms with Gasteiger partial charge in [0.25, 0.3) is 0 Å². The lowest BCUT2D eigenvalue weighted by Gasteiger charge is -2.21. The molecule has 160 valence electrons. The van der Waals surface area contributed by atoms with E-state index in [1.54, 1.807) is 6.20 Å². The van der Waals surface area contributed by atoms with Crippen molar-refractivity contribution in [3.8, 4) is 10.4 Å². The molecule has 0 saturated heterocycles. The van der Waals surface area contributed by atoms with Gasteiger partial charge in [0.15, 0.2) is 5.13 Å². The van der Waals surface area contributed by atoms with Crippen LogP contribution in [0.4, 0.5) is 18.3 Å². The Balaban J connectivity index is 1.40. The summed E-state index contributed by atoms with van der Waals surface area (Å²) in [7, 11) is 0. The maximum absolute atomic E-state index is 12.7. The minimum atomic E-state index is -4.33. The molecule has 2 aromatic carbocycles. The molecule has 0 aliphatic rings. The molecule has 8 heteroatoms. The number of aromatic nitrogens is 2. The lowest BCUT2D eigenvalue weighted by Crippen LogP contribution is -2.39. The fourth-order valence-corrected chi connectivity index (χ4v) is 4.20. The quantitative estimate of drug-likeness (QED) is 0.399. The number of pyridine rings is 1. The van der Waals surface area contributed by atoms with E-state index in [9.17, 15) is 13.2 Å². The Morgan fingerprint density at radius 2 is 1.81 bits per heavy atom. The van der Waals surface area contributed by atoms with Gasteiger partial charge in [-0.25, -0.2) is 4.98 Å². The third-order valence-corrected chi connectivity index (χ3v) is 6.15. The monoisotopic (exact) mass is 442 g/mol. The molecule has 0 spiro atoms. The van der Waals surface area contributed by atoms with Crippen LogP contribution in [0.3, 0.4) is 0 Å². The van der Waals surface area contributed by atoms with Crippen molar-refractivity contribution in [2.75, 3.05) is 5.32 Å². The summed E-state index contributed by atoms with van der Waals surface area (Å²) in [6, 6.07) is 12.9.